The first-order valence-corrected chi connectivity index (χ1v) is 5.33. The van der Waals surface area contributed by atoms with Crippen molar-refractivity contribution in [3.8, 4) is 0 Å². The molecule has 0 spiro atoms. The summed E-state index contributed by atoms with van der Waals surface area (Å²) in [5.41, 5.74) is 0.693. The maximum Gasteiger partial charge on any atom is 0.00319 e. The lowest BCUT2D eigenvalue weighted by Crippen LogP contribution is -2.31. The van der Waals surface area contributed by atoms with E-state index in [0.29, 0.717) is 5.41 Å². The fourth-order valence-electron chi connectivity index (χ4n) is 2.81. The van der Waals surface area contributed by atoms with Crippen LogP contribution in [0.1, 0.15) is 45.4 Å². The normalized spacial score (nSPS) is 22.0. The second-order valence-corrected chi connectivity index (χ2v) is 4.69. The van der Waals surface area contributed by atoms with Crippen molar-refractivity contribution in [1.29, 1.82) is 0 Å². The fourth-order valence-corrected chi connectivity index (χ4v) is 2.81. The van der Waals surface area contributed by atoms with Gasteiger partial charge in [-0.15, -0.1) is 0 Å². The molecule has 12 heavy (non-hydrogen) atoms. The minimum atomic E-state index is 0.693. The summed E-state index contributed by atoms with van der Waals surface area (Å²) in [7, 11) is 4.41. The Labute approximate surface area is 77.1 Å². The van der Waals surface area contributed by atoms with Crippen LogP contribution in [0.2, 0.25) is 0 Å². The highest BCUT2D eigenvalue weighted by Gasteiger charge is 2.32. The average Bonchev–Trinajstić information content (AvgIpc) is 2.36. The van der Waals surface area contributed by atoms with E-state index in [1.165, 1.54) is 45.1 Å². The molecule has 1 nitrogen and oxygen atoms in total. The zero-order valence-electron chi connectivity index (χ0n) is 8.90. The first-order chi connectivity index (χ1) is 5.68. The first-order valence-electron chi connectivity index (χ1n) is 5.33. The highest BCUT2D eigenvalue weighted by Crippen LogP contribution is 2.42. The van der Waals surface area contributed by atoms with Crippen molar-refractivity contribution in [3.05, 3.63) is 0 Å². The predicted molar refractivity (Wildman–Crippen MR) is 54.4 cm³/mol. The van der Waals surface area contributed by atoms with Crippen LogP contribution in [0.15, 0.2) is 0 Å². The molecule has 0 radical (unpaired) electrons. The summed E-state index contributed by atoms with van der Waals surface area (Å²) < 4.78 is 0. The molecular weight excluding hydrogens is 146 g/mol. The van der Waals surface area contributed by atoms with Crippen LogP contribution in [0.25, 0.3) is 0 Å². The second kappa shape index (κ2) is 4.27. The molecule has 1 aliphatic carbocycles. The van der Waals surface area contributed by atoms with Crippen LogP contribution in [0, 0.1) is 5.41 Å². The van der Waals surface area contributed by atoms with Crippen LogP contribution < -0.4 is 0 Å². The maximum absolute atomic E-state index is 2.36. The van der Waals surface area contributed by atoms with E-state index < -0.39 is 0 Å². The Morgan fingerprint density at radius 2 is 1.75 bits per heavy atom. The average molecular weight is 169 g/mol. The molecule has 1 saturated carbocycles. The van der Waals surface area contributed by atoms with Gasteiger partial charge < -0.3 is 4.90 Å². The van der Waals surface area contributed by atoms with Gasteiger partial charge in [-0.25, -0.2) is 0 Å². The molecule has 72 valence electrons. The van der Waals surface area contributed by atoms with E-state index in [1.54, 1.807) is 0 Å². The van der Waals surface area contributed by atoms with Crippen molar-refractivity contribution in [1.82, 2.24) is 4.90 Å². The van der Waals surface area contributed by atoms with Gasteiger partial charge in [-0.2, -0.15) is 0 Å². The summed E-state index contributed by atoms with van der Waals surface area (Å²) >= 11 is 0. The Balaban J connectivity index is 2.46. The van der Waals surface area contributed by atoms with E-state index in [0.717, 1.165) is 0 Å². The third-order valence-electron chi connectivity index (χ3n) is 3.10. The van der Waals surface area contributed by atoms with Crippen LogP contribution in [-0.4, -0.2) is 25.5 Å². The van der Waals surface area contributed by atoms with Crippen LogP contribution >= 0.6 is 0 Å². The zero-order valence-corrected chi connectivity index (χ0v) is 8.90. The van der Waals surface area contributed by atoms with E-state index in [2.05, 4.69) is 25.9 Å². The Kier molecular flexibility index (Phi) is 3.57. The molecule has 1 fully saturated rings. The summed E-state index contributed by atoms with van der Waals surface area (Å²) in [6, 6.07) is 0. The van der Waals surface area contributed by atoms with Crippen molar-refractivity contribution in [2.24, 2.45) is 5.41 Å². The van der Waals surface area contributed by atoms with Crippen molar-refractivity contribution in [3.63, 3.8) is 0 Å². The van der Waals surface area contributed by atoms with E-state index in [9.17, 15) is 0 Å². The van der Waals surface area contributed by atoms with Gasteiger partial charge in [0.15, 0.2) is 0 Å². The molecule has 0 aromatic heterocycles. The highest BCUT2D eigenvalue weighted by molar-refractivity contribution is 4.86. The molecule has 0 heterocycles. The number of hydrogen-bond donors (Lipinski definition) is 0. The van der Waals surface area contributed by atoms with Gasteiger partial charge >= 0.3 is 0 Å². The van der Waals surface area contributed by atoms with E-state index in [4.69, 9.17) is 0 Å². The molecule has 0 amide bonds. The summed E-state index contributed by atoms with van der Waals surface area (Å²) in [6.45, 7) is 3.62. The molecule has 1 rings (SSSR count). The van der Waals surface area contributed by atoms with Gasteiger partial charge in [0.1, 0.15) is 0 Å². The van der Waals surface area contributed by atoms with Crippen LogP contribution in [-0.2, 0) is 0 Å². The zero-order chi connectivity index (χ0) is 9.03. The van der Waals surface area contributed by atoms with Crippen molar-refractivity contribution >= 4 is 0 Å². The molecule has 0 aliphatic heterocycles. The number of rotatable bonds is 4. The van der Waals surface area contributed by atoms with Gasteiger partial charge in [0.2, 0.25) is 0 Å². The molecule has 0 aromatic carbocycles. The smallest absolute Gasteiger partial charge is 0.00319 e. The fraction of sp³-hybridized carbons (Fsp3) is 1.00. The van der Waals surface area contributed by atoms with Crippen molar-refractivity contribution in [2.45, 2.75) is 45.4 Å². The van der Waals surface area contributed by atoms with E-state index in [-0.39, 0.29) is 0 Å². The monoisotopic (exact) mass is 169 g/mol. The first kappa shape index (κ1) is 10.0. The molecule has 0 unspecified atom stereocenters. The van der Waals surface area contributed by atoms with Crippen LogP contribution in [0.5, 0.6) is 0 Å². The number of hydrogen-bond acceptors (Lipinski definition) is 1. The number of nitrogens with zero attached hydrogens (tertiary/aromatic N) is 1. The van der Waals surface area contributed by atoms with Crippen molar-refractivity contribution < 1.29 is 0 Å². The lowest BCUT2D eigenvalue weighted by molar-refractivity contribution is 0.185. The van der Waals surface area contributed by atoms with Gasteiger partial charge in [0.05, 0.1) is 0 Å². The SMILES string of the molecule is CCCC1(CN(C)C)CCCC1. The summed E-state index contributed by atoms with van der Waals surface area (Å²) in [4.78, 5) is 2.36. The predicted octanol–water partition coefficient (Wildman–Crippen LogP) is 2.91. The van der Waals surface area contributed by atoms with Gasteiger partial charge in [-0.3, -0.25) is 0 Å². The van der Waals surface area contributed by atoms with Gasteiger partial charge in [0, 0.05) is 6.54 Å². The van der Waals surface area contributed by atoms with E-state index >= 15 is 0 Å². The second-order valence-electron chi connectivity index (χ2n) is 4.69. The lowest BCUT2D eigenvalue weighted by Gasteiger charge is -2.31. The Morgan fingerprint density at radius 3 is 2.17 bits per heavy atom. The minimum absolute atomic E-state index is 0.693. The molecule has 0 saturated heterocycles. The highest BCUT2D eigenvalue weighted by atomic mass is 15.1. The molecule has 0 N–H and O–H groups in total. The molecule has 0 bridgehead atoms. The minimum Gasteiger partial charge on any atom is -0.309 e. The largest absolute Gasteiger partial charge is 0.309 e. The third kappa shape index (κ3) is 2.48. The molecule has 0 aromatic rings. The molecule has 1 heteroatoms. The van der Waals surface area contributed by atoms with Crippen molar-refractivity contribution in [2.75, 3.05) is 20.6 Å². The topological polar surface area (TPSA) is 3.24 Å². The summed E-state index contributed by atoms with van der Waals surface area (Å²) in [5.74, 6) is 0. The molecular formula is C11H23N. The lowest BCUT2D eigenvalue weighted by atomic mass is 9.81. The van der Waals surface area contributed by atoms with Crippen LogP contribution in [0.4, 0.5) is 0 Å². The molecule has 0 atom stereocenters. The van der Waals surface area contributed by atoms with Gasteiger partial charge in [-0.05, 0) is 38.8 Å². The molecule has 1 aliphatic rings. The standard InChI is InChI=1S/C11H23N/c1-4-7-11(10-12(2)3)8-5-6-9-11/h4-10H2,1-3H3. The van der Waals surface area contributed by atoms with E-state index in [1.807, 2.05) is 0 Å². The summed E-state index contributed by atoms with van der Waals surface area (Å²) in [6.07, 6.45) is 8.67. The van der Waals surface area contributed by atoms with Crippen LogP contribution in [0.3, 0.4) is 0 Å². The maximum atomic E-state index is 2.36. The Hall–Kier alpha value is -0.0400. The quantitative estimate of drug-likeness (QED) is 0.625. The summed E-state index contributed by atoms with van der Waals surface area (Å²) in [5, 5.41) is 0. The van der Waals surface area contributed by atoms with Gasteiger partial charge in [-0.1, -0.05) is 26.2 Å². The van der Waals surface area contributed by atoms with Gasteiger partial charge in [0.25, 0.3) is 0 Å². The Morgan fingerprint density at radius 1 is 1.17 bits per heavy atom. The third-order valence-corrected chi connectivity index (χ3v) is 3.10. The Bertz CT molecular complexity index is 123.